The first kappa shape index (κ1) is 9.50. The lowest BCUT2D eigenvalue weighted by Crippen LogP contribution is -1.84. The van der Waals surface area contributed by atoms with E-state index in [1.807, 2.05) is 37.3 Å². The van der Waals surface area contributed by atoms with E-state index in [-0.39, 0.29) is 6.61 Å². The van der Waals surface area contributed by atoms with Crippen LogP contribution in [0, 0.1) is 11.3 Å². The zero-order valence-electron chi connectivity index (χ0n) is 7.49. The molecule has 13 heavy (non-hydrogen) atoms. The first-order chi connectivity index (χ1) is 6.27. The molecule has 0 bridgehead atoms. The molecule has 2 heteroatoms. The van der Waals surface area contributed by atoms with Gasteiger partial charge in [-0.05, 0) is 23.6 Å². The van der Waals surface area contributed by atoms with Crippen LogP contribution < -0.4 is 0 Å². The first-order valence-corrected chi connectivity index (χ1v) is 4.04. The van der Waals surface area contributed by atoms with Crippen LogP contribution in [-0.2, 0) is 6.61 Å². The molecular formula is C11H11NO. The molecular weight excluding hydrogens is 162 g/mol. The number of rotatable bonds is 2. The summed E-state index contributed by atoms with van der Waals surface area (Å²) in [6, 6.07) is 9.48. The molecule has 1 N–H and O–H groups in total. The summed E-state index contributed by atoms with van der Waals surface area (Å²) in [7, 11) is 0. The fourth-order valence-electron chi connectivity index (χ4n) is 1.05. The van der Waals surface area contributed by atoms with E-state index in [1.165, 1.54) is 6.08 Å². The van der Waals surface area contributed by atoms with Gasteiger partial charge in [0.1, 0.15) is 0 Å². The van der Waals surface area contributed by atoms with E-state index in [0.717, 1.165) is 16.7 Å². The van der Waals surface area contributed by atoms with Gasteiger partial charge >= 0.3 is 0 Å². The Hall–Kier alpha value is -1.59. The van der Waals surface area contributed by atoms with Crippen molar-refractivity contribution >= 4 is 5.57 Å². The second-order valence-corrected chi connectivity index (χ2v) is 2.81. The maximum atomic E-state index is 8.80. The van der Waals surface area contributed by atoms with Crippen LogP contribution in [0.15, 0.2) is 30.3 Å². The maximum absolute atomic E-state index is 8.80. The van der Waals surface area contributed by atoms with Gasteiger partial charge in [-0.2, -0.15) is 5.26 Å². The average Bonchev–Trinajstić information content (AvgIpc) is 2.18. The van der Waals surface area contributed by atoms with Crippen molar-refractivity contribution in [3.05, 3.63) is 41.5 Å². The number of hydrogen-bond donors (Lipinski definition) is 1. The third-order valence-electron chi connectivity index (χ3n) is 1.87. The fraction of sp³-hybridized carbons (Fsp3) is 0.182. The summed E-state index contributed by atoms with van der Waals surface area (Å²) in [6.07, 6.45) is 1.51. The lowest BCUT2D eigenvalue weighted by molar-refractivity contribution is 0.282. The van der Waals surface area contributed by atoms with Crippen molar-refractivity contribution < 1.29 is 5.11 Å². The van der Waals surface area contributed by atoms with E-state index in [4.69, 9.17) is 10.4 Å². The highest BCUT2D eigenvalue weighted by Crippen LogP contribution is 2.13. The van der Waals surface area contributed by atoms with Crippen LogP contribution in [0.5, 0.6) is 0 Å². The number of allylic oxidation sites excluding steroid dienone is 2. The number of hydrogen-bond acceptors (Lipinski definition) is 2. The molecule has 0 radical (unpaired) electrons. The minimum atomic E-state index is 0.0568. The van der Waals surface area contributed by atoms with Gasteiger partial charge in [0.25, 0.3) is 0 Å². The minimum Gasteiger partial charge on any atom is -0.392 e. The molecule has 2 nitrogen and oxygen atoms in total. The highest BCUT2D eigenvalue weighted by molar-refractivity contribution is 5.65. The van der Waals surface area contributed by atoms with Gasteiger partial charge in [0.05, 0.1) is 12.7 Å². The van der Waals surface area contributed by atoms with Crippen molar-refractivity contribution in [2.24, 2.45) is 0 Å². The lowest BCUT2D eigenvalue weighted by atomic mass is 10.1. The number of aliphatic hydroxyl groups excluding tert-OH is 1. The predicted octanol–water partition coefficient (Wildman–Crippen LogP) is 2.11. The van der Waals surface area contributed by atoms with Gasteiger partial charge in [0, 0.05) is 6.08 Å². The molecule has 0 aliphatic heterocycles. The summed E-state index contributed by atoms with van der Waals surface area (Å²) in [5.41, 5.74) is 2.83. The lowest BCUT2D eigenvalue weighted by Gasteiger charge is -2.00. The molecule has 0 spiro atoms. The largest absolute Gasteiger partial charge is 0.392 e. The summed E-state index contributed by atoms with van der Waals surface area (Å²) in [5.74, 6) is 0. The smallest absolute Gasteiger partial charge is 0.0915 e. The van der Waals surface area contributed by atoms with Crippen molar-refractivity contribution in [3.63, 3.8) is 0 Å². The average molecular weight is 173 g/mol. The Morgan fingerprint density at radius 3 is 2.54 bits per heavy atom. The quantitative estimate of drug-likeness (QED) is 0.696. The van der Waals surface area contributed by atoms with Gasteiger partial charge in [-0.15, -0.1) is 0 Å². The van der Waals surface area contributed by atoms with E-state index in [2.05, 4.69) is 0 Å². The van der Waals surface area contributed by atoms with Gasteiger partial charge in [0.2, 0.25) is 0 Å². The van der Waals surface area contributed by atoms with Gasteiger partial charge in [0.15, 0.2) is 0 Å². The van der Waals surface area contributed by atoms with Gasteiger partial charge in [-0.25, -0.2) is 0 Å². The minimum absolute atomic E-state index is 0.0568. The van der Waals surface area contributed by atoms with E-state index in [0.29, 0.717) is 0 Å². The zero-order chi connectivity index (χ0) is 9.68. The Bertz CT molecular complexity index is 343. The molecule has 1 aromatic carbocycles. The highest BCUT2D eigenvalue weighted by Gasteiger charge is 1.94. The summed E-state index contributed by atoms with van der Waals surface area (Å²) >= 11 is 0. The fourth-order valence-corrected chi connectivity index (χ4v) is 1.05. The van der Waals surface area contributed by atoms with Crippen molar-refractivity contribution in [2.75, 3.05) is 0 Å². The van der Waals surface area contributed by atoms with Crippen LogP contribution in [0.25, 0.3) is 5.57 Å². The second-order valence-electron chi connectivity index (χ2n) is 2.81. The van der Waals surface area contributed by atoms with E-state index in [9.17, 15) is 0 Å². The normalized spacial score (nSPS) is 11.0. The summed E-state index contributed by atoms with van der Waals surface area (Å²) in [4.78, 5) is 0. The monoisotopic (exact) mass is 173 g/mol. The summed E-state index contributed by atoms with van der Waals surface area (Å²) in [5, 5.41) is 17.2. The van der Waals surface area contributed by atoms with Gasteiger partial charge in [-0.1, -0.05) is 24.3 Å². The topological polar surface area (TPSA) is 44.0 Å². The SMILES string of the molecule is C/C(=C\C#N)c1ccc(CO)cc1. The molecule has 1 rings (SSSR count). The Kier molecular flexibility index (Phi) is 3.24. The maximum Gasteiger partial charge on any atom is 0.0915 e. The second kappa shape index (κ2) is 4.44. The molecule has 0 unspecified atom stereocenters. The number of nitrogens with zero attached hydrogens (tertiary/aromatic N) is 1. The van der Waals surface area contributed by atoms with Crippen molar-refractivity contribution in [3.8, 4) is 6.07 Å². The third-order valence-corrected chi connectivity index (χ3v) is 1.87. The predicted molar refractivity (Wildman–Crippen MR) is 51.6 cm³/mol. The van der Waals surface area contributed by atoms with Crippen molar-refractivity contribution in [1.29, 1.82) is 5.26 Å². The molecule has 0 saturated heterocycles. The van der Waals surface area contributed by atoms with Gasteiger partial charge < -0.3 is 5.11 Å². The highest BCUT2D eigenvalue weighted by atomic mass is 16.3. The molecule has 0 aromatic heterocycles. The Labute approximate surface area is 77.8 Å². The van der Waals surface area contributed by atoms with Crippen LogP contribution in [0.1, 0.15) is 18.1 Å². The Balaban J connectivity index is 2.94. The van der Waals surface area contributed by atoms with Gasteiger partial charge in [-0.3, -0.25) is 0 Å². The number of nitriles is 1. The van der Waals surface area contributed by atoms with Crippen LogP contribution >= 0.6 is 0 Å². The van der Waals surface area contributed by atoms with Crippen LogP contribution in [0.3, 0.4) is 0 Å². The van der Waals surface area contributed by atoms with Crippen LogP contribution in [0.4, 0.5) is 0 Å². The Morgan fingerprint density at radius 1 is 1.46 bits per heavy atom. The van der Waals surface area contributed by atoms with Crippen molar-refractivity contribution in [2.45, 2.75) is 13.5 Å². The van der Waals surface area contributed by atoms with E-state index >= 15 is 0 Å². The van der Waals surface area contributed by atoms with Crippen LogP contribution in [0.2, 0.25) is 0 Å². The van der Waals surface area contributed by atoms with Crippen LogP contribution in [-0.4, -0.2) is 5.11 Å². The number of benzene rings is 1. The molecule has 0 amide bonds. The number of aliphatic hydroxyl groups is 1. The standard InChI is InChI=1S/C11H11NO/c1-9(6-7-12)11-4-2-10(8-13)3-5-11/h2-6,13H,8H2,1H3/b9-6+. The first-order valence-electron chi connectivity index (χ1n) is 4.04. The van der Waals surface area contributed by atoms with E-state index in [1.54, 1.807) is 0 Å². The summed E-state index contributed by atoms with van der Waals surface area (Å²) < 4.78 is 0. The molecule has 66 valence electrons. The molecule has 0 aliphatic carbocycles. The molecule has 1 aromatic rings. The molecule has 0 aliphatic rings. The molecule has 0 saturated carbocycles. The molecule has 0 atom stereocenters. The molecule has 0 heterocycles. The summed E-state index contributed by atoms with van der Waals surface area (Å²) in [6.45, 7) is 1.94. The van der Waals surface area contributed by atoms with E-state index < -0.39 is 0 Å². The third kappa shape index (κ3) is 2.43. The van der Waals surface area contributed by atoms with Crippen molar-refractivity contribution in [1.82, 2.24) is 0 Å². The molecule has 0 fully saturated rings. The zero-order valence-corrected chi connectivity index (χ0v) is 7.49. The Morgan fingerprint density at radius 2 is 2.08 bits per heavy atom.